The summed E-state index contributed by atoms with van der Waals surface area (Å²) in [5.41, 5.74) is 7.61. The molecule has 94 valence electrons. The highest BCUT2D eigenvalue weighted by atomic mass is 16.5. The monoisotopic (exact) mass is 243 g/mol. The number of nitrogens with zero attached hydrogens (tertiary/aromatic N) is 2. The Balaban J connectivity index is 2.50. The SMILES string of the molecule is CCOc1ccccc1-c1nc(N)cc(CC)n1. The van der Waals surface area contributed by atoms with Gasteiger partial charge in [-0.1, -0.05) is 19.1 Å². The summed E-state index contributed by atoms with van der Waals surface area (Å²) in [6, 6.07) is 9.53. The van der Waals surface area contributed by atoms with Crippen LogP contribution in [0.1, 0.15) is 19.5 Å². The van der Waals surface area contributed by atoms with Gasteiger partial charge in [0.1, 0.15) is 11.6 Å². The summed E-state index contributed by atoms with van der Waals surface area (Å²) in [4.78, 5) is 8.78. The molecule has 4 nitrogen and oxygen atoms in total. The van der Waals surface area contributed by atoms with Crippen LogP contribution in [0.25, 0.3) is 11.4 Å². The first-order valence-electron chi connectivity index (χ1n) is 6.10. The minimum Gasteiger partial charge on any atom is -0.493 e. The molecule has 2 N–H and O–H groups in total. The van der Waals surface area contributed by atoms with Crippen LogP contribution in [0.4, 0.5) is 5.82 Å². The Morgan fingerprint density at radius 1 is 1.17 bits per heavy atom. The van der Waals surface area contributed by atoms with Gasteiger partial charge in [0, 0.05) is 11.8 Å². The molecule has 0 unspecified atom stereocenters. The molecule has 0 amide bonds. The van der Waals surface area contributed by atoms with E-state index < -0.39 is 0 Å². The Kier molecular flexibility index (Phi) is 3.77. The number of anilines is 1. The Morgan fingerprint density at radius 3 is 2.67 bits per heavy atom. The minimum absolute atomic E-state index is 0.489. The molecule has 1 aromatic heterocycles. The molecule has 0 aliphatic heterocycles. The van der Waals surface area contributed by atoms with E-state index in [0.717, 1.165) is 23.4 Å². The number of aryl methyl sites for hydroxylation is 1. The van der Waals surface area contributed by atoms with Gasteiger partial charge in [-0.25, -0.2) is 9.97 Å². The first-order chi connectivity index (χ1) is 8.74. The average molecular weight is 243 g/mol. The van der Waals surface area contributed by atoms with Crippen molar-refractivity contribution >= 4 is 5.82 Å². The normalized spacial score (nSPS) is 10.3. The van der Waals surface area contributed by atoms with Crippen LogP contribution in [0, 0.1) is 0 Å². The summed E-state index contributed by atoms with van der Waals surface area (Å²) in [5.74, 6) is 1.90. The van der Waals surface area contributed by atoms with Gasteiger partial charge >= 0.3 is 0 Å². The predicted octanol–water partition coefficient (Wildman–Crippen LogP) is 2.69. The van der Waals surface area contributed by atoms with Gasteiger partial charge in [0.25, 0.3) is 0 Å². The van der Waals surface area contributed by atoms with Gasteiger partial charge in [-0.2, -0.15) is 0 Å². The van der Waals surface area contributed by atoms with Crippen LogP contribution >= 0.6 is 0 Å². The fraction of sp³-hybridized carbons (Fsp3) is 0.286. The second kappa shape index (κ2) is 5.49. The molecule has 0 atom stereocenters. The highest BCUT2D eigenvalue weighted by molar-refractivity contribution is 5.65. The lowest BCUT2D eigenvalue weighted by atomic mass is 10.1. The highest BCUT2D eigenvalue weighted by Crippen LogP contribution is 2.27. The fourth-order valence-electron chi connectivity index (χ4n) is 1.75. The molecule has 0 spiro atoms. The number of hydrogen-bond acceptors (Lipinski definition) is 4. The molecule has 0 saturated carbocycles. The first-order valence-corrected chi connectivity index (χ1v) is 6.10. The summed E-state index contributed by atoms with van der Waals surface area (Å²) in [5, 5.41) is 0. The van der Waals surface area contributed by atoms with E-state index in [-0.39, 0.29) is 0 Å². The molecule has 0 aliphatic rings. The molecule has 0 radical (unpaired) electrons. The molecular weight excluding hydrogens is 226 g/mol. The van der Waals surface area contributed by atoms with Gasteiger partial charge in [-0.05, 0) is 25.5 Å². The molecule has 2 rings (SSSR count). The Labute approximate surface area is 107 Å². The molecule has 1 heterocycles. The van der Waals surface area contributed by atoms with E-state index in [1.807, 2.05) is 38.1 Å². The third-order valence-corrected chi connectivity index (χ3v) is 2.59. The molecule has 0 saturated heterocycles. The molecule has 4 heteroatoms. The maximum absolute atomic E-state index is 5.80. The van der Waals surface area contributed by atoms with E-state index in [4.69, 9.17) is 10.5 Å². The van der Waals surface area contributed by atoms with Crippen LogP contribution in [-0.4, -0.2) is 16.6 Å². The van der Waals surface area contributed by atoms with E-state index >= 15 is 0 Å². The molecule has 0 bridgehead atoms. The zero-order valence-corrected chi connectivity index (χ0v) is 10.7. The zero-order valence-electron chi connectivity index (χ0n) is 10.7. The number of hydrogen-bond donors (Lipinski definition) is 1. The van der Waals surface area contributed by atoms with Crippen LogP contribution in [0.2, 0.25) is 0 Å². The van der Waals surface area contributed by atoms with Crippen molar-refractivity contribution in [2.45, 2.75) is 20.3 Å². The van der Waals surface area contributed by atoms with Crippen LogP contribution in [0.5, 0.6) is 5.75 Å². The van der Waals surface area contributed by atoms with E-state index in [1.165, 1.54) is 0 Å². The number of benzene rings is 1. The lowest BCUT2D eigenvalue weighted by Crippen LogP contribution is -2.01. The molecule has 2 aromatic rings. The molecule has 0 aliphatic carbocycles. The van der Waals surface area contributed by atoms with Crippen molar-refractivity contribution < 1.29 is 4.74 Å². The maximum Gasteiger partial charge on any atom is 0.165 e. The topological polar surface area (TPSA) is 61.0 Å². The number of aromatic nitrogens is 2. The van der Waals surface area contributed by atoms with Gasteiger partial charge in [-0.3, -0.25) is 0 Å². The standard InChI is InChI=1S/C14H17N3O/c1-3-10-9-13(15)17-14(16-10)11-7-5-6-8-12(11)18-4-2/h5-9H,3-4H2,1-2H3,(H2,15,16,17). The lowest BCUT2D eigenvalue weighted by molar-refractivity contribution is 0.341. The maximum atomic E-state index is 5.80. The van der Waals surface area contributed by atoms with Gasteiger partial charge in [0.15, 0.2) is 5.82 Å². The van der Waals surface area contributed by atoms with Crippen molar-refractivity contribution in [3.05, 3.63) is 36.0 Å². The van der Waals surface area contributed by atoms with Crippen molar-refractivity contribution in [1.82, 2.24) is 9.97 Å². The number of rotatable bonds is 4. The number of nitrogen functional groups attached to an aromatic ring is 1. The quantitative estimate of drug-likeness (QED) is 0.896. The largest absolute Gasteiger partial charge is 0.493 e. The van der Waals surface area contributed by atoms with Crippen molar-refractivity contribution in [2.75, 3.05) is 12.3 Å². The van der Waals surface area contributed by atoms with E-state index in [1.54, 1.807) is 6.07 Å². The summed E-state index contributed by atoms with van der Waals surface area (Å²) in [7, 11) is 0. The Morgan fingerprint density at radius 2 is 1.94 bits per heavy atom. The molecule has 18 heavy (non-hydrogen) atoms. The number of ether oxygens (including phenoxy) is 1. The van der Waals surface area contributed by atoms with Gasteiger partial charge < -0.3 is 10.5 Å². The Hall–Kier alpha value is -2.10. The molecule has 0 fully saturated rings. The fourth-order valence-corrected chi connectivity index (χ4v) is 1.75. The van der Waals surface area contributed by atoms with Crippen LogP contribution in [0.3, 0.4) is 0 Å². The average Bonchev–Trinajstić information content (AvgIpc) is 2.39. The zero-order chi connectivity index (χ0) is 13.0. The van der Waals surface area contributed by atoms with Crippen LogP contribution < -0.4 is 10.5 Å². The lowest BCUT2D eigenvalue weighted by Gasteiger charge is -2.10. The second-order valence-electron chi connectivity index (χ2n) is 3.89. The smallest absolute Gasteiger partial charge is 0.165 e. The van der Waals surface area contributed by atoms with Crippen LogP contribution in [0.15, 0.2) is 30.3 Å². The van der Waals surface area contributed by atoms with Gasteiger partial charge in [0.2, 0.25) is 0 Å². The minimum atomic E-state index is 0.489. The summed E-state index contributed by atoms with van der Waals surface area (Å²) in [6.07, 6.45) is 0.830. The third-order valence-electron chi connectivity index (χ3n) is 2.59. The van der Waals surface area contributed by atoms with E-state index in [2.05, 4.69) is 9.97 Å². The third kappa shape index (κ3) is 2.59. The van der Waals surface area contributed by atoms with Crippen molar-refractivity contribution in [3.8, 4) is 17.1 Å². The van der Waals surface area contributed by atoms with Gasteiger partial charge in [-0.15, -0.1) is 0 Å². The van der Waals surface area contributed by atoms with Gasteiger partial charge in [0.05, 0.1) is 12.2 Å². The predicted molar refractivity (Wildman–Crippen MR) is 72.4 cm³/mol. The number of nitrogens with two attached hydrogens (primary N) is 1. The summed E-state index contributed by atoms with van der Waals surface area (Å²) in [6.45, 7) is 4.61. The van der Waals surface area contributed by atoms with Crippen molar-refractivity contribution in [1.29, 1.82) is 0 Å². The van der Waals surface area contributed by atoms with Crippen molar-refractivity contribution in [2.24, 2.45) is 0 Å². The van der Waals surface area contributed by atoms with E-state index in [9.17, 15) is 0 Å². The number of para-hydroxylation sites is 1. The van der Waals surface area contributed by atoms with E-state index in [0.29, 0.717) is 18.2 Å². The second-order valence-corrected chi connectivity index (χ2v) is 3.89. The van der Waals surface area contributed by atoms with Crippen molar-refractivity contribution in [3.63, 3.8) is 0 Å². The van der Waals surface area contributed by atoms with Crippen LogP contribution in [-0.2, 0) is 6.42 Å². The summed E-state index contributed by atoms with van der Waals surface area (Å²) >= 11 is 0. The summed E-state index contributed by atoms with van der Waals surface area (Å²) < 4.78 is 5.58. The molecular formula is C14H17N3O. The molecule has 1 aromatic carbocycles. The Bertz CT molecular complexity index is 540. The first kappa shape index (κ1) is 12.4. The highest BCUT2D eigenvalue weighted by Gasteiger charge is 2.10.